The molecule has 0 saturated heterocycles. The Balaban J connectivity index is 2.30. The Morgan fingerprint density at radius 3 is 2.58 bits per heavy atom. The third-order valence-corrected chi connectivity index (χ3v) is 3.06. The molecule has 0 aliphatic heterocycles. The van der Waals surface area contributed by atoms with Crippen molar-refractivity contribution in [1.82, 2.24) is 9.97 Å². The van der Waals surface area contributed by atoms with Gasteiger partial charge >= 0.3 is 0 Å². The lowest BCUT2D eigenvalue weighted by atomic mass is 10.1. The van der Waals surface area contributed by atoms with E-state index in [9.17, 15) is 4.39 Å². The van der Waals surface area contributed by atoms with Crippen molar-refractivity contribution in [3.63, 3.8) is 0 Å². The Hall–Kier alpha value is -2.67. The van der Waals surface area contributed by atoms with Crippen LogP contribution in [0.4, 0.5) is 10.2 Å². The van der Waals surface area contributed by atoms with Gasteiger partial charge in [0.15, 0.2) is 5.52 Å². The van der Waals surface area contributed by atoms with Gasteiger partial charge in [-0.2, -0.15) is 0 Å². The number of aromatic amines is 1. The van der Waals surface area contributed by atoms with Crippen LogP contribution in [0.3, 0.4) is 0 Å². The molecule has 0 aliphatic rings. The number of hydrogen-bond acceptors (Lipinski definition) is 1. The van der Waals surface area contributed by atoms with Crippen LogP contribution in [0.1, 0.15) is 5.69 Å². The molecule has 3 nitrogen and oxygen atoms in total. The van der Waals surface area contributed by atoms with Crippen molar-refractivity contribution in [3.8, 4) is 11.1 Å². The molecule has 0 radical (unpaired) electrons. The molecule has 3 aromatic rings. The smallest absolute Gasteiger partial charge is 0.270 e. The molecule has 2 heterocycles. The van der Waals surface area contributed by atoms with Crippen LogP contribution in [0.5, 0.6) is 0 Å². The van der Waals surface area contributed by atoms with Crippen LogP contribution in [-0.2, 0) is 0 Å². The monoisotopic (exact) mass is 251 g/mol. The second-order valence-corrected chi connectivity index (χ2v) is 4.31. The molecule has 92 valence electrons. The lowest BCUT2D eigenvalue weighted by Crippen LogP contribution is -1.82. The molecule has 1 aromatic carbocycles. The summed E-state index contributed by atoms with van der Waals surface area (Å²) >= 11 is 0. The summed E-state index contributed by atoms with van der Waals surface area (Å²) in [5, 5.41) is 0. The van der Waals surface area contributed by atoms with E-state index in [4.69, 9.17) is 6.57 Å². The van der Waals surface area contributed by atoms with E-state index in [0.29, 0.717) is 5.82 Å². The van der Waals surface area contributed by atoms with Crippen molar-refractivity contribution in [2.24, 2.45) is 0 Å². The fourth-order valence-electron chi connectivity index (χ4n) is 2.21. The summed E-state index contributed by atoms with van der Waals surface area (Å²) in [6, 6.07) is 9.81. The fourth-order valence-corrected chi connectivity index (χ4v) is 2.21. The summed E-state index contributed by atoms with van der Waals surface area (Å²) in [6.45, 7) is 8.97. The van der Waals surface area contributed by atoms with E-state index in [0.717, 1.165) is 27.9 Å². The Labute approximate surface area is 109 Å². The summed E-state index contributed by atoms with van der Waals surface area (Å²) in [5.41, 5.74) is 4.39. The zero-order valence-corrected chi connectivity index (χ0v) is 10.2. The normalized spacial score (nSPS) is 10.6. The standard InChI is InChI=1S/C15H10FN3/c1-9-14(10-3-5-11(16)6-4-10)15-12(18-9)7-8-13(17-2)19-15/h3-8,18H,1H3. The second kappa shape index (κ2) is 4.21. The van der Waals surface area contributed by atoms with Gasteiger partial charge in [-0.3, -0.25) is 0 Å². The summed E-state index contributed by atoms with van der Waals surface area (Å²) < 4.78 is 13.0. The van der Waals surface area contributed by atoms with E-state index < -0.39 is 0 Å². The van der Waals surface area contributed by atoms with Gasteiger partial charge in [0.05, 0.1) is 11.1 Å². The molecule has 0 bridgehead atoms. The first-order chi connectivity index (χ1) is 9.19. The number of aromatic nitrogens is 2. The molecule has 0 saturated carbocycles. The van der Waals surface area contributed by atoms with Crippen LogP contribution >= 0.6 is 0 Å². The van der Waals surface area contributed by atoms with Crippen molar-refractivity contribution >= 4 is 16.9 Å². The average molecular weight is 251 g/mol. The third-order valence-electron chi connectivity index (χ3n) is 3.06. The minimum Gasteiger partial charge on any atom is -0.361 e. The molecule has 19 heavy (non-hydrogen) atoms. The SMILES string of the molecule is [C-]#[N+]c1ccc2[nH]c(C)c(-c3ccc(F)cc3)c2n1. The topological polar surface area (TPSA) is 33.0 Å². The van der Waals surface area contributed by atoms with Crippen LogP contribution in [0.15, 0.2) is 36.4 Å². The number of aryl methyl sites for hydroxylation is 1. The molecule has 2 aromatic heterocycles. The van der Waals surface area contributed by atoms with Crippen molar-refractivity contribution in [2.45, 2.75) is 6.92 Å². The number of rotatable bonds is 1. The molecule has 3 rings (SSSR count). The molecule has 0 atom stereocenters. The fraction of sp³-hybridized carbons (Fsp3) is 0.0667. The predicted octanol–water partition coefficient (Wildman–Crippen LogP) is 4.23. The van der Waals surface area contributed by atoms with Gasteiger partial charge in [0, 0.05) is 5.69 Å². The van der Waals surface area contributed by atoms with Gasteiger partial charge in [0.1, 0.15) is 5.82 Å². The highest BCUT2D eigenvalue weighted by atomic mass is 19.1. The molecule has 1 N–H and O–H groups in total. The Morgan fingerprint density at radius 1 is 1.16 bits per heavy atom. The number of benzene rings is 1. The Kier molecular flexibility index (Phi) is 2.53. The van der Waals surface area contributed by atoms with E-state index in [1.807, 2.05) is 13.0 Å². The zero-order valence-electron chi connectivity index (χ0n) is 10.2. The molecular formula is C15H10FN3. The molecule has 0 unspecified atom stereocenters. The first-order valence-corrected chi connectivity index (χ1v) is 5.82. The van der Waals surface area contributed by atoms with Gasteiger partial charge in [-0.15, -0.1) is 4.98 Å². The maximum atomic E-state index is 13.0. The predicted molar refractivity (Wildman–Crippen MR) is 72.5 cm³/mol. The number of nitrogens with zero attached hydrogens (tertiary/aromatic N) is 2. The summed E-state index contributed by atoms with van der Waals surface area (Å²) in [6.07, 6.45) is 0. The van der Waals surface area contributed by atoms with Crippen LogP contribution < -0.4 is 0 Å². The van der Waals surface area contributed by atoms with Crippen LogP contribution in [0, 0.1) is 19.3 Å². The number of fused-ring (bicyclic) bond motifs is 1. The van der Waals surface area contributed by atoms with Gasteiger partial charge in [-0.1, -0.05) is 18.7 Å². The van der Waals surface area contributed by atoms with Crippen LogP contribution in [0.25, 0.3) is 27.0 Å². The van der Waals surface area contributed by atoms with E-state index in [1.165, 1.54) is 12.1 Å². The van der Waals surface area contributed by atoms with Gasteiger partial charge in [0.25, 0.3) is 5.82 Å². The van der Waals surface area contributed by atoms with E-state index in [-0.39, 0.29) is 5.82 Å². The van der Waals surface area contributed by atoms with Crippen LogP contribution in [-0.4, -0.2) is 9.97 Å². The van der Waals surface area contributed by atoms with Crippen molar-refractivity contribution in [1.29, 1.82) is 0 Å². The van der Waals surface area contributed by atoms with Crippen molar-refractivity contribution in [3.05, 3.63) is 59.3 Å². The summed E-state index contributed by atoms with van der Waals surface area (Å²) in [7, 11) is 0. The molecule has 0 aliphatic carbocycles. The highest BCUT2D eigenvalue weighted by molar-refractivity contribution is 5.95. The lowest BCUT2D eigenvalue weighted by Gasteiger charge is -1.99. The third kappa shape index (κ3) is 1.85. The highest BCUT2D eigenvalue weighted by Gasteiger charge is 2.15. The maximum Gasteiger partial charge on any atom is 0.270 e. The summed E-state index contributed by atoms with van der Waals surface area (Å²) in [4.78, 5) is 10.9. The van der Waals surface area contributed by atoms with Gasteiger partial charge < -0.3 is 9.83 Å². The summed E-state index contributed by atoms with van der Waals surface area (Å²) in [5.74, 6) is 0.0888. The molecule has 0 amide bonds. The van der Waals surface area contributed by atoms with Crippen molar-refractivity contribution < 1.29 is 4.39 Å². The number of halogens is 1. The van der Waals surface area contributed by atoms with Crippen molar-refractivity contribution in [2.75, 3.05) is 0 Å². The Morgan fingerprint density at radius 2 is 1.89 bits per heavy atom. The van der Waals surface area contributed by atoms with Gasteiger partial charge in [-0.05, 0) is 36.8 Å². The average Bonchev–Trinajstić information content (AvgIpc) is 2.75. The first-order valence-electron chi connectivity index (χ1n) is 5.82. The van der Waals surface area contributed by atoms with Gasteiger partial charge in [0.2, 0.25) is 0 Å². The first kappa shape index (κ1) is 11.4. The highest BCUT2D eigenvalue weighted by Crippen LogP contribution is 2.32. The Bertz CT molecular complexity index is 795. The largest absolute Gasteiger partial charge is 0.361 e. The van der Waals surface area contributed by atoms with Crippen LogP contribution in [0.2, 0.25) is 0 Å². The zero-order chi connectivity index (χ0) is 13.4. The maximum absolute atomic E-state index is 13.0. The number of H-pyrrole nitrogens is 1. The second-order valence-electron chi connectivity index (χ2n) is 4.31. The van der Waals surface area contributed by atoms with Gasteiger partial charge in [-0.25, -0.2) is 4.39 Å². The van der Waals surface area contributed by atoms with E-state index >= 15 is 0 Å². The molecule has 0 fully saturated rings. The number of hydrogen-bond donors (Lipinski definition) is 1. The van der Waals surface area contributed by atoms with E-state index in [2.05, 4.69) is 14.8 Å². The lowest BCUT2D eigenvalue weighted by molar-refractivity contribution is 0.628. The number of nitrogens with one attached hydrogen (secondary N) is 1. The molecule has 0 spiro atoms. The minimum atomic E-state index is -0.268. The minimum absolute atomic E-state index is 0.268. The van der Waals surface area contributed by atoms with E-state index in [1.54, 1.807) is 18.2 Å². The quantitative estimate of drug-likeness (QED) is 0.645. The molecule has 4 heteroatoms. The molecular weight excluding hydrogens is 241 g/mol. The number of pyridine rings is 1.